The van der Waals surface area contributed by atoms with Crippen LogP contribution in [0.25, 0.3) is 0 Å². The van der Waals surface area contributed by atoms with Gasteiger partial charge in [0.25, 0.3) is 0 Å². The minimum absolute atomic E-state index is 0.0780. The molecule has 1 atom stereocenters. The largest absolute Gasteiger partial charge is 0.374 e. The van der Waals surface area contributed by atoms with Crippen LogP contribution in [0.5, 0.6) is 0 Å². The van der Waals surface area contributed by atoms with Gasteiger partial charge in [-0.1, -0.05) is 6.07 Å². The molecule has 0 spiro atoms. The smallest absolute Gasteiger partial charge is 0.242 e. The Morgan fingerprint density at radius 1 is 1.33 bits per heavy atom. The van der Waals surface area contributed by atoms with Gasteiger partial charge in [-0.2, -0.15) is 0 Å². The zero-order chi connectivity index (χ0) is 12.5. The molecule has 1 aromatic rings. The predicted octanol–water partition coefficient (Wildman–Crippen LogP) is 1.80. The van der Waals surface area contributed by atoms with Crippen LogP contribution in [0.3, 0.4) is 0 Å². The van der Waals surface area contributed by atoms with Crippen LogP contribution in [0.2, 0.25) is 0 Å². The first-order valence-corrected chi connectivity index (χ1v) is 6.49. The fourth-order valence-electron chi connectivity index (χ4n) is 2.13. The van der Waals surface area contributed by atoms with Crippen molar-refractivity contribution in [1.82, 2.24) is 5.32 Å². The number of carbonyl (C=O) groups is 1. The first-order chi connectivity index (χ1) is 8.72. The first kappa shape index (κ1) is 11.5. The molecule has 2 N–H and O–H groups in total. The Morgan fingerprint density at radius 2 is 2.11 bits per heavy atom. The molecule has 1 heterocycles. The average molecular weight is 246 g/mol. The third-order valence-electron chi connectivity index (χ3n) is 3.42. The van der Waals surface area contributed by atoms with Crippen molar-refractivity contribution in [2.75, 3.05) is 5.32 Å². The third-order valence-corrected chi connectivity index (χ3v) is 3.42. The molecule has 0 bridgehead atoms. The molecule has 0 saturated heterocycles. The number of fused-ring (bicyclic) bond motifs is 1. The van der Waals surface area contributed by atoms with Crippen LogP contribution < -0.4 is 10.6 Å². The monoisotopic (exact) mass is 246 g/mol. The van der Waals surface area contributed by atoms with Crippen LogP contribution in [-0.4, -0.2) is 18.0 Å². The molecule has 3 rings (SSSR count). The minimum atomic E-state index is -0.203. The Morgan fingerprint density at radius 3 is 2.89 bits per heavy atom. The maximum Gasteiger partial charge on any atom is 0.242 e. The first-order valence-electron chi connectivity index (χ1n) is 6.49. The summed E-state index contributed by atoms with van der Waals surface area (Å²) in [6.45, 7) is 3.27. The predicted molar refractivity (Wildman–Crippen MR) is 69.2 cm³/mol. The van der Waals surface area contributed by atoms with Gasteiger partial charge in [0.15, 0.2) is 0 Å². The fourth-order valence-corrected chi connectivity index (χ4v) is 2.13. The summed E-state index contributed by atoms with van der Waals surface area (Å²) >= 11 is 0. The number of anilines is 1. The number of ether oxygens (including phenoxy) is 1. The van der Waals surface area contributed by atoms with E-state index in [2.05, 4.69) is 22.8 Å². The van der Waals surface area contributed by atoms with E-state index in [9.17, 15) is 4.79 Å². The lowest BCUT2D eigenvalue weighted by Gasteiger charge is -2.15. The van der Waals surface area contributed by atoms with Gasteiger partial charge in [-0.05, 0) is 43.0 Å². The molecule has 0 radical (unpaired) electrons. The van der Waals surface area contributed by atoms with E-state index in [0.29, 0.717) is 19.3 Å². The van der Waals surface area contributed by atoms with Gasteiger partial charge in [0.1, 0.15) is 6.04 Å². The molecular formula is C14H18N2O2. The maximum absolute atomic E-state index is 11.8. The minimum Gasteiger partial charge on any atom is -0.374 e. The second-order valence-corrected chi connectivity index (χ2v) is 5.13. The maximum atomic E-state index is 11.8. The Labute approximate surface area is 107 Å². The molecule has 1 saturated carbocycles. The molecule has 4 nitrogen and oxygen atoms in total. The molecule has 18 heavy (non-hydrogen) atoms. The van der Waals surface area contributed by atoms with Gasteiger partial charge in [0.05, 0.1) is 13.2 Å². The molecule has 1 fully saturated rings. The number of hydrogen-bond donors (Lipinski definition) is 2. The molecule has 1 aromatic carbocycles. The Bertz CT molecular complexity index is 469. The lowest BCUT2D eigenvalue weighted by Crippen LogP contribution is -2.38. The molecular weight excluding hydrogens is 228 g/mol. The molecule has 2 aliphatic rings. The normalized spacial score (nSPS) is 19.2. The number of amides is 1. The van der Waals surface area contributed by atoms with Crippen LogP contribution in [0.4, 0.5) is 5.69 Å². The van der Waals surface area contributed by atoms with Crippen LogP contribution >= 0.6 is 0 Å². The number of carbonyl (C=O) groups excluding carboxylic acids is 1. The summed E-state index contributed by atoms with van der Waals surface area (Å²) in [7, 11) is 0. The summed E-state index contributed by atoms with van der Waals surface area (Å²) in [5.74, 6) is 0.0780. The number of hydrogen-bond acceptors (Lipinski definition) is 3. The zero-order valence-electron chi connectivity index (χ0n) is 10.5. The number of benzene rings is 1. The van der Waals surface area contributed by atoms with Gasteiger partial charge in [-0.25, -0.2) is 0 Å². The molecule has 1 aliphatic heterocycles. The van der Waals surface area contributed by atoms with Crippen molar-refractivity contribution in [2.45, 2.75) is 45.1 Å². The van der Waals surface area contributed by atoms with Crippen molar-refractivity contribution < 1.29 is 9.53 Å². The van der Waals surface area contributed by atoms with Crippen molar-refractivity contribution in [2.24, 2.45) is 0 Å². The van der Waals surface area contributed by atoms with Crippen LogP contribution in [0, 0.1) is 0 Å². The second-order valence-electron chi connectivity index (χ2n) is 5.13. The highest BCUT2D eigenvalue weighted by Gasteiger charge is 2.25. The van der Waals surface area contributed by atoms with Crippen LogP contribution in [0.15, 0.2) is 18.2 Å². The quantitative estimate of drug-likeness (QED) is 0.851. The molecule has 96 valence electrons. The average Bonchev–Trinajstić information content (AvgIpc) is 3.05. The van der Waals surface area contributed by atoms with Gasteiger partial charge in [-0.3, -0.25) is 4.79 Å². The van der Waals surface area contributed by atoms with Crippen LogP contribution in [0.1, 0.15) is 30.9 Å². The highest BCUT2D eigenvalue weighted by Crippen LogP contribution is 2.24. The summed E-state index contributed by atoms with van der Waals surface area (Å²) in [5.41, 5.74) is 3.45. The van der Waals surface area contributed by atoms with E-state index in [1.165, 1.54) is 11.1 Å². The van der Waals surface area contributed by atoms with Gasteiger partial charge >= 0.3 is 0 Å². The highest BCUT2D eigenvalue weighted by molar-refractivity contribution is 5.84. The second kappa shape index (κ2) is 4.61. The zero-order valence-corrected chi connectivity index (χ0v) is 10.5. The highest BCUT2D eigenvalue weighted by atomic mass is 16.5. The Balaban J connectivity index is 1.62. The van der Waals surface area contributed by atoms with Gasteiger partial charge < -0.3 is 15.4 Å². The summed E-state index contributed by atoms with van der Waals surface area (Å²) in [6, 6.07) is 6.36. The van der Waals surface area contributed by atoms with E-state index in [1.807, 2.05) is 13.0 Å². The van der Waals surface area contributed by atoms with Gasteiger partial charge in [-0.15, -0.1) is 0 Å². The Hall–Kier alpha value is -1.55. The van der Waals surface area contributed by atoms with Crippen LogP contribution in [-0.2, 0) is 22.7 Å². The van der Waals surface area contributed by atoms with E-state index in [1.54, 1.807) is 0 Å². The number of nitrogens with one attached hydrogen (secondary N) is 2. The topological polar surface area (TPSA) is 50.4 Å². The summed E-state index contributed by atoms with van der Waals surface area (Å²) in [4.78, 5) is 11.8. The van der Waals surface area contributed by atoms with Crippen molar-refractivity contribution in [3.63, 3.8) is 0 Å². The fraction of sp³-hybridized carbons (Fsp3) is 0.500. The SMILES string of the molecule is CC(Nc1ccc2c(c1)COC2)C(=O)NC1CC1. The van der Waals surface area contributed by atoms with Crippen molar-refractivity contribution in [3.05, 3.63) is 29.3 Å². The van der Waals surface area contributed by atoms with E-state index in [0.717, 1.165) is 18.5 Å². The molecule has 0 aromatic heterocycles. The number of rotatable bonds is 4. The lowest BCUT2D eigenvalue weighted by molar-refractivity contribution is -0.121. The van der Waals surface area contributed by atoms with E-state index >= 15 is 0 Å². The molecule has 4 heteroatoms. The summed E-state index contributed by atoms with van der Waals surface area (Å²) in [5, 5.41) is 6.24. The Kier molecular flexibility index (Phi) is 2.96. The summed E-state index contributed by atoms with van der Waals surface area (Å²) < 4.78 is 5.38. The van der Waals surface area contributed by atoms with Gasteiger partial charge in [0, 0.05) is 11.7 Å². The van der Waals surface area contributed by atoms with E-state index in [-0.39, 0.29) is 11.9 Å². The molecule has 1 amide bonds. The third kappa shape index (κ3) is 2.48. The molecule has 1 unspecified atom stereocenters. The van der Waals surface area contributed by atoms with E-state index in [4.69, 9.17) is 4.74 Å². The standard InChI is InChI=1S/C14H18N2O2/c1-9(14(17)16-12-4-5-12)15-13-3-2-10-7-18-8-11(10)6-13/h2-3,6,9,12,15H,4-5,7-8H2,1H3,(H,16,17). The molecule has 1 aliphatic carbocycles. The van der Waals surface area contributed by atoms with Crippen molar-refractivity contribution in [1.29, 1.82) is 0 Å². The van der Waals surface area contributed by atoms with Crippen molar-refractivity contribution >= 4 is 11.6 Å². The van der Waals surface area contributed by atoms with E-state index < -0.39 is 0 Å². The summed E-state index contributed by atoms with van der Waals surface area (Å²) in [6.07, 6.45) is 2.24. The van der Waals surface area contributed by atoms with Gasteiger partial charge in [0.2, 0.25) is 5.91 Å². The lowest BCUT2D eigenvalue weighted by atomic mass is 10.1. The van der Waals surface area contributed by atoms with Crippen molar-refractivity contribution in [3.8, 4) is 0 Å².